The summed E-state index contributed by atoms with van der Waals surface area (Å²) >= 11 is 0. The summed E-state index contributed by atoms with van der Waals surface area (Å²) in [5.41, 5.74) is 7.63. The summed E-state index contributed by atoms with van der Waals surface area (Å²) < 4.78 is 2.13. The molecule has 0 fully saturated rings. The Kier molecular flexibility index (Phi) is 4.61. The highest BCUT2D eigenvalue weighted by atomic mass is 15.3. The van der Waals surface area contributed by atoms with Crippen LogP contribution in [0, 0.1) is 13.8 Å². The van der Waals surface area contributed by atoms with E-state index in [2.05, 4.69) is 55.9 Å². The zero-order valence-electron chi connectivity index (χ0n) is 13.2. The molecule has 20 heavy (non-hydrogen) atoms. The molecule has 108 valence electrons. The average Bonchev–Trinajstić information content (AvgIpc) is 2.76. The molecule has 0 aliphatic carbocycles. The van der Waals surface area contributed by atoms with Crippen molar-refractivity contribution in [3.05, 3.63) is 46.3 Å². The van der Waals surface area contributed by atoms with Crippen molar-refractivity contribution in [3.8, 4) is 5.69 Å². The number of nitrogens with one attached hydrogen (secondary N) is 1. The van der Waals surface area contributed by atoms with Crippen molar-refractivity contribution in [2.75, 3.05) is 7.05 Å². The lowest BCUT2D eigenvalue weighted by atomic mass is 10.1. The fraction of sp³-hybridized carbons (Fsp3) is 0.471. The quantitative estimate of drug-likeness (QED) is 0.904. The molecule has 0 aliphatic heterocycles. The first-order chi connectivity index (χ1) is 9.60. The molecule has 1 heterocycles. The van der Waals surface area contributed by atoms with Gasteiger partial charge >= 0.3 is 0 Å². The Hall–Kier alpha value is -1.61. The monoisotopic (exact) mass is 271 g/mol. The number of hydrogen-bond acceptors (Lipinski definition) is 2. The van der Waals surface area contributed by atoms with Gasteiger partial charge in [-0.15, -0.1) is 0 Å². The molecule has 0 unspecified atom stereocenters. The third-order valence-corrected chi connectivity index (χ3v) is 3.65. The highest BCUT2D eigenvalue weighted by Crippen LogP contribution is 2.22. The Morgan fingerprint density at radius 1 is 1.05 bits per heavy atom. The summed E-state index contributed by atoms with van der Waals surface area (Å²) in [4.78, 5) is 0. The number of hydrogen-bond donors (Lipinski definition) is 1. The molecular formula is C17H25N3. The molecule has 0 aliphatic rings. The Balaban J connectivity index is 2.60. The first kappa shape index (κ1) is 14.8. The van der Waals surface area contributed by atoms with Gasteiger partial charge in [0.15, 0.2) is 0 Å². The lowest BCUT2D eigenvalue weighted by Crippen LogP contribution is -2.09. The Morgan fingerprint density at radius 3 is 2.20 bits per heavy atom. The van der Waals surface area contributed by atoms with E-state index >= 15 is 0 Å². The summed E-state index contributed by atoms with van der Waals surface area (Å²) in [6.45, 7) is 9.54. The smallest absolute Gasteiger partial charge is 0.0674 e. The number of aryl methyl sites for hydroxylation is 3. The highest BCUT2D eigenvalue weighted by molar-refractivity contribution is 5.42. The molecule has 0 bridgehead atoms. The SMILES string of the molecule is CCc1nn(-c2cc(C)cc(C)c2)c(CC)c1CNC. The maximum atomic E-state index is 4.85. The molecule has 0 atom stereocenters. The molecule has 0 radical (unpaired) electrons. The topological polar surface area (TPSA) is 29.9 Å². The Morgan fingerprint density at radius 2 is 1.70 bits per heavy atom. The standard InChI is InChI=1S/C17H25N3/c1-6-16-15(11-18-5)17(7-2)20(19-16)14-9-12(3)8-13(4)10-14/h8-10,18H,6-7,11H2,1-5H3. The van der Waals surface area contributed by atoms with Gasteiger partial charge in [-0.25, -0.2) is 4.68 Å². The number of rotatable bonds is 5. The van der Waals surface area contributed by atoms with Crippen LogP contribution in [-0.2, 0) is 19.4 Å². The van der Waals surface area contributed by atoms with Gasteiger partial charge in [0.1, 0.15) is 0 Å². The molecular weight excluding hydrogens is 246 g/mol. The maximum Gasteiger partial charge on any atom is 0.0674 e. The highest BCUT2D eigenvalue weighted by Gasteiger charge is 2.16. The van der Waals surface area contributed by atoms with Crippen molar-refractivity contribution >= 4 is 0 Å². The van der Waals surface area contributed by atoms with E-state index in [-0.39, 0.29) is 0 Å². The Bertz CT molecular complexity index is 576. The predicted octanol–water partition coefficient (Wildman–Crippen LogP) is 3.33. The van der Waals surface area contributed by atoms with Crippen LogP contribution in [0.4, 0.5) is 0 Å². The van der Waals surface area contributed by atoms with Gasteiger partial charge in [-0.2, -0.15) is 5.10 Å². The van der Waals surface area contributed by atoms with Crippen molar-refractivity contribution in [2.24, 2.45) is 0 Å². The first-order valence-electron chi connectivity index (χ1n) is 7.43. The van der Waals surface area contributed by atoms with Crippen LogP contribution in [0.15, 0.2) is 18.2 Å². The molecule has 2 rings (SSSR count). The van der Waals surface area contributed by atoms with Crippen molar-refractivity contribution in [3.63, 3.8) is 0 Å². The summed E-state index contributed by atoms with van der Waals surface area (Å²) in [6, 6.07) is 6.62. The van der Waals surface area contributed by atoms with E-state index < -0.39 is 0 Å². The molecule has 0 spiro atoms. The summed E-state index contributed by atoms with van der Waals surface area (Å²) in [5.74, 6) is 0. The zero-order chi connectivity index (χ0) is 14.7. The number of aromatic nitrogens is 2. The summed E-state index contributed by atoms with van der Waals surface area (Å²) in [5, 5.41) is 8.11. The molecule has 3 heteroatoms. The second kappa shape index (κ2) is 6.23. The second-order valence-electron chi connectivity index (χ2n) is 5.37. The van der Waals surface area contributed by atoms with Crippen LogP contribution >= 0.6 is 0 Å². The van der Waals surface area contributed by atoms with Gasteiger partial charge in [0.25, 0.3) is 0 Å². The zero-order valence-corrected chi connectivity index (χ0v) is 13.2. The van der Waals surface area contributed by atoms with Gasteiger partial charge in [-0.1, -0.05) is 19.9 Å². The van der Waals surface area contributed by atoms with Crippen LogP contribution in [0.2, 0.25) is 0 Å². The fourth-order valence-electron chi connectivity index (χ4n) is 2.85. The largest absolute Gasteiger partial charge is 0.316 e. The summed E-state index contributed by atoms with van der Waals surface area (Å²) in [6.07, 6.45) is 1.97. The van der Waals surface area contributed by atoms with E-state index in [1.165, 1.54) is 33.8 Å². The van der Waals surface area contributed by atoms with Gasteiger partial charge < -0.3 is 5.32 Å². The van der Waals surface area contributed by atoms with Crippen LogP contribution < -0.4 is 5.32 Å². The van der Waals surface area contributed by atoms with Crippen LogP contribution in [0.1, 0.15) is 41.9 Å². The molecule has 1 aromatic heterocycles. The van der Waals surface area contributed by atoms with Crippen molar-refractivity contribution < 1.29 is 0 Å². The van der Waals surface area contributed by atoms with Gasteiger partial charge in [-0.05, 0) is 57.0 Å². The van der Waals surface area contributed by atoms with Crippen LogP contribution in [0.5, 0.6) is 0 Å². The van der Waals surface area contributed by atoms with Gasteiger partial charge in [0.05, 0.1) is 11.4 Å². The third kappa shape index (κ3) is 2.78. The van der Waals surface area contributed by atoms with E-state index in [4.69, 9.17) is 5.10 Å². The van der Waals surface area contributed by atoms with Crippen LogP contribution in [0.3, 0.4) is 0 Å². The van der Waals surface area contributed by atoms with Crippen molar-refractivity contribution in [1.82, 2.24) is 15.1 Å². The lowest BCUT2D eigenvalue weighted by Gasteiger charge is -2.10. The van der Waals surface area contributed by atoms with E-state index in [0.29, 0.717) is 0 Å². The van der Waals surface area contributed by atoms with Gasteiger partial charge in [0.2, 0.25) is 0 Å². The van der Waals surface area contributed by atoms with E-state index in [1.807, 2.05) is 7.05 Å². The second-order valence-corrected chi connectivity index (χ2v) is 5.37. The predicted molar refractivity (Wildman–Crippen MR) is 84.6 cm³/mol. The molecule has 1 N–H and O–H groups in total. The molecule has 1 aromatic carbocycles. The average molecular weight is 271 g/mol. The maximum absolute atomic E-state index is 4.85. The molecule has 3 nitrogen and oxygen atoms in total. The van der Waals surface area contributed by atoms with Crippen LogP contribution in [-0.4, -0.2) is 16.8 Å². The first-order valence-corrected chi connectivity index (χ1v) is 7.43. The summed E-state index contributed by atoms with van der Waals surface area (Å²) in [7, 11) is 1.99. The van der Waals surface area contributed by atoms with Gasteiger partial charge in [-0.3, -0.25) is 0 Å². The number of benzene rings is 1. The normalized spacial score (nSPS) is 11.1. The van der Waals surface area contributed by atoms with E-state index in [1.54, 1.807) is 0 Å². The van der Waals surface area contributed by atoms with Crippen LogP contribution in [0.25, 0.3) is 5.69 Å². The lowest BCUT2D eigenvalue weighted by molar-refractivity contribution is 0.778. The van der Waals surface area contributed by atoms with Gasteiger partial charge in [0, 0.05) is 17.8 Å². The molecule has 0 saturated carbocycles. The molecule has 0 saturated heterocycles. The minimum absolute atomic E-state index is 0.886. The van der Waals surface area contributed by atoms with Crippen molar-refractivity contribution in [1.29, 1.82) is 0 Å². The minimum atomic E-state index is 0.886. The van der Waals surface area contributed by atoms with E-state index in [9.17, 15) is 0 Å². The Labute approximate surface area is 122 Å². The van der Waals surface area contributed by atoms with Crippen molar-refractivity contribution in [2.45, 2.75) is 47.1 Å². The van der Waals surface area contributed by atoms with E-state index in [0.717, 1.165) is 19.4 Å². The molecule has 2 aromatic rings. The fourth-order valence-corrected chi connectivity index (χ4v) is 2.85. The third-order valence-electron chi connectivity index (χ3n) is 3.65. The number of nitrogens with zero attached hydrogens (tertiary/aromatic N) is 2. The minimum Gasteiger partial charge on any atom is -0.316 e. The molecule has 0 amide bonds.